The molecule has 7 nitrogen and oxygen atoms in total. The number of nitrogens with zero attached hydrogens (tertiary/aromatic N) is 1. The second-order valence-electron chi connectivity index (χ2n) is 5.34. The van der Waals surface area contributed by atoms with Crippen LogP contribution in [0.1, 0.15) is 30.8 Å². The number of amides is 1. The van der Waals surface area contributed by atoms with Crippen molar-refractivity contribution in [3.63, 3.8) is 0 Å². The van der Waals surface area contributed by atoms with Crippen molar-refractivity contribution in [3.8, 4) is 17.0 Å². The van der Waals surface area contributed by atoms with Crippen LogP contribution in [0.15, 0.2) is 30.3 Å². The molecular formula is C16H19N3O4. The van der Waals surface area contributed by atoms with Crippen LogP contribution in [0.5, 0.6) is 5.75 Å². The number of carboxylic acid groups (broad SMARTS) is 1. The van der Waals surface area contributed by atoms with Gasteiger partial charge in [0.2, 0.25) is 0 Å². The summed E-state index contributed by atoms with van der Waals surface area (Å²) in [6.07, 6.45) is 0.271. The number of aromatic amines is 1. The van der Waals surface area contributed by atoms with Crippen molar-refractivity contribution in [2.24, 2.45) is 0 Å². The quantitative estimate of drug-likeness (QED) is 0.756. The van der Waals surface area contributed by atoms with Crippen molar-refractivity contribution in [2.45, 2.75) is 25.8 Å². The monoisotopic (exact) mass is 317 g/mol. The van der Waals surface area contributed by atoms with E-state index in [4.69, 9.17) is 4.74 Å². The number of hydrogen-bond acceptors (Lipinski definition) is 4. The highest BCUT2D eigenvalue weighted by atomic mass is 16.5. The molecule has 23 heavy (non-hydrogen) atoms. The van der Waals surface area contributed by atoms with Gasteiger partial charge < -0.3 is 15.2 Å². The molecule has 0 bridgehead atoms. The number of carbonyl (C=O) groups excluding carboxylic acids is 1. The third-order valence-corrected chi connectivity index (χ3v) is 3.78. The summed E-state index contributed by atoms with van der Waals surface area (Å²) in [5, 5.41) is 18.4. The topological polar surface area (TPSA) is 104 Å². The number of H-pyrrole nitrogens is 1. The minimum atomic E-state index is -1.32. The minimum Gasteiger partial charge on any atom is -0.497 e. The average Bonchev–Trinajstić information content (AvgIpc) is 3.04. The standard InChI is InChI=1S/C16H19N3O4/c1-4-16(2,15(21)22)17-14(20)13-9-12(18-19-13)10-5-7-11(23-3)8-6-10/h5-9H,4H2,1-3H3,(H,17,20)(H,18,19)(H,21,22). The highest BCUT2D eigenvalue weighted by molar-refractivity contribution is 5.97. The summed E-state index contributed by atoms with van der Waals surface area (Å²) in [5.74, 6) is -0.866. The maximum atomic E-state index is 12.2. The van der Waals surface area contributed by atoms with Gasteiger partial charge in [-0.05, 0) is 43.7 Å². The fourth-order valence-corrected chi connectivity index (χ4v) is 1.96. The molecule has 0 saturated carbocycles. The van der Waals surface area contributed by atoms with Crippen LogP contribution >= 0.6 is 0 Å². The Bertz CT molecular complexity index is 708. The van der Waals surface area contributed by atoms with E-state index >= 15 is 0 Å². The van der Waals surface area contributed by atoms with Gasteiger partial charge in [-0.2, -0.15) is 5.10 Å². The predicted octanol–water partition coefficient (Wildman–Crippen LogP) is 2.07. The van der Waals surface area contributed by atoms with Crippen molar-refractivity contribution >= 4 is 11.9 Å². The first-order valence-electron chi connectivity index (χ1n) is 7.15. The first-order valence-corrected chi connectivity index (χ1v) is 7.15. The van der Waals surface area contributed by atoms with E-state index in [0.717, 1.165) is 11.3 Å². The van der Waals surface area contributed by atoms with E-state index in [0.29, 0.717) is 5.69 Å². The molecule has 7 heteroatoms. The van der Waals surface area contributed by atoms with Gasteiger partial charge in [-0.25, -0.2) is 4.79 Å². The summed E-state index contributed by atoms with van der Waals surface area (Å²) in [7, 11) is 1.58. The fourth-order valence-electron chi connectivity index (χ4n) is 1.96. The number of aliphatic carboxylic acids is 1. The van der Waals surface area contributed by atoms with Crippen LogP contribution < -0.4 is 10.1 Å². The van der Waals surface area contributed by atoms with E-state index < -0.39 is 17.4 Å². The first kappa shape index (κ1) is 16.5. The number of hydrogen-bond donors (Lipinski definition) is 3. The number of aromatic nitrogens is 2. The first-order chi connectivity index (χ1) is 10.9. The zero-order chi connectivity index (χ0) is 17.0. The molecule has 1 atom stereocenters. The molecule has 2 aromatic rings. The Kier molecular flexibility index (Phi) is 4.68. The number of carboxylic acids is 1. The zero-order valence-corrected chi connectivity index (χ0v) is 13.2. The van der Waals surface area contributed by atoms with Gasteiger partial charge in [-0.3, -0.25) is 9.89 Å². The molecule has 1 aromatic carbocycles. The van der Waals surface area contributed by atoms with Crippen LogP contribution in [0.2, 0.25) is 0 Å². The minimum absolute atomic E-state index is 0.205. The molecule has 0 saturated heterocycles. The second kappa shape index (κ2) is 6.51. The van der Waals surface area contributed by atoms with Crippen molar-refractivity contribution in [2.75, 3.05) is 7.11 Å². The number of carbonyl (C=O) groups is 2. The molecule has 0 aliphatic rings. The van der Waals surface area contributed by atoms with E-state index in [2.05, 4.69) is 15.5 Å². The Morgan fingerprint density at radius 3 is 2.52 bits per heavy atom. The summed E-state index contributed by atoms with van der Waals surface area (Å²) >= 11 is 0. The molecule has 0 spiro atoms. The Labute approximate surface area is 133 Å². The van der Waals surface area contributed by atoms with Crippen LogP contribution in [-0.4, -0.2) is 39.8 Å². The normalized spacial score (nSPS) is 13.2. The van der Waals surface area contributed by atoms with Crippen molar-refractivity contribution in [3.05, 3.63) is 36.0 Å². The van der Waals surface area contributed by atoms with Gasteiger partial charge in [0.15, 0.2) is 0 Å². The van der Waals surface area contributed by atoms with E-state index in [-0.39, 0.29) is 12.1 Å². The number of ether oxygens (including phenoxy) is 1. The number of methoxy groups -OCH3 is 1. The Hall–Kier alpha value is -2.83. The lowest BCUT2D eigenvalue weighted by molar-refractivity contribution is -0.143. The molecule has 1 amide bonds. The Balaban J connectivity index is 2.17. The Morgan fingerprint density at radius 1 is 1.35 bits per heavy atom. The van der Waals surface area contributed by atoms with Gasteiger partial charge >= 0.3 is 5.97 Å². The van der Waals surface area contributed by atoms with Gasteiger partial charge in [0.05, 0.1) is 12.8 Å². The van der Waals surface area contributed by atoms with E-state index in [9.17, 15) is 14.7 Å². The van der Waals surface area contributed by atoms with Crippen LogP contribution in [0, 0.1) is 0 Å². The maximum Gasteiger partial charge on any atom is 0.329 e. The SMILES string of the molecule is CCC(C)(NC(=O)c1cc(-c2ccc(OC)cc2)n[nH]1)C(=O)O. The molecule has 0 aliphatic carbocycles. The third kappa shape index (κ3) is 3.50. The highest BCUT2D eigenvalue weighted by Gasteiger charge is 2.33. The smallest absolute Gasteiger partial charge is 0.329 e. The van der Waals surface area contributed by atoms with E-state index in [1.54, 1.807) is 32.2 Å². The number of benzene rings is 1. The average molecular weight is 317 g/mol. The predicted molar refractivity (Wildman–Crippen MR) is 84.4 cm³/mol. The zero-order valence-electron chi connectivity index (χ0n) is 13.2. The number of rotatable bonds is 6. The lowest BCUT2D eigenvalue weighted by Gasteiger charge is -2.23. The van der Waals surface area contributed by atoms with Crippen molar-refractivity contribution in [1.82, 2.24) is 15.5 Å². The van der Waals surface area contributed by atoms with E-state index in [1.807, 2.05) is 12.1 Å². The second-order valence-corrected chi connectivity index (χ2v) is 5.34. The van der Waals surface area contributed by atoms with Gasteiger partial charge in [-0.15, -0.1) is 0 Å². The van der Waals surface area contributed by atoms with Crippen LogP contribution in [-0.2, 0) is 4.79 Å². The molecule has 2 rings (SSSR count). The van der Waals surface area contributed by atoms with Gasteiger partial charge in [0, 0.05) is 5.56 Å². The lowest BCUT2D eigenvalue weighted by atomic mass is 9.99. The summed E-state index contributed by atoms with van der Waals surface area (Å²) in [5.41, 5.74) is 0.295. The lowest BCUT2D eigenvalue weighted by Crippen LogP contribution is -2.51. The third-order valence-electron chi connectivity index (χ3n) is 3.78. The van der Waals surface area contributed by atoms with Crippen LogP contribution in [0.25, 0.3) is 11.3 Å². The molecule has 0 aliphatic heterocycles. The number of nitrogens with one attached hydrogen (secondary N) is 2. The summed E-state index contributed by atoms with van der Waals surface area (Å²) in [6.45, 7) is 3.16. The van der Waals surface area contributed by atoms with Crippen molar-refractivity contribution in [1.29, 1.82) is 0 Å². The summed E-state index contributed by atoms with van der Waals surface area (Å²) < 4.78 is 5.09. The highest BCUT2D eigenvalue weighted by Crippen LogP contribution is 2.21. The van der Waals surface area contributed by atoms with Gasteiger partial charge in [-0.1, -0.05) is 6.92 Å². The van der Waals surface area contributed by atoms with Crippen LogP contribution in [0.4, 0.5) is 0 Å². The molecule has 3 N–H and O–H groups in total. The molecule has 0 radical (unpaired) electrons. The summed E-state index contributed by atoms with van der Waals surface area (Å²) in [4.78, 5) is 23.5. The van der Waals surface area contributed by atoms with Crippen LogP contribution in [0.3, 0.4) is 0 Å². The fraction of sp³-hybridized carbons (Fsp3) is 0.312. The molecule has 122 valence electrons. The maximum absolute atomic E-state index is 12.2. The molecule has 0 fully saturated rings. The summed E-state index contributed by atoms with van der Waals surface area (Å²) in [6, 6.07) is 8.81. The molecule has 1 heterocycles. The molecule has 1 unspecified atom stereocenters. The van der Waals surface area contributed by atoms with Crippen molar-refractivity contribution < 1.29 is 19.4 Å². The largest absolute Gasteiger partial charge is 0.497 e. The van der Waals surface area contributed by atoms with Gasteiger partial charge in [0.25, 0.3) is 5.91 Å². The Morgan fingerprint density at radius 2 is 2.00 bits per heavy atom. The molecular weight excluding hydrogens is 298 g/mol. The molecule has 1 aromatic heterocycles. The van der Waals surface area contributed by atoms with E-state index in [1.165, 1.54) is 6.92 Å². The van der Waals surface area contributed by atoms with Gasteiger partial charge in [0.1, 0.15) is 17.0 Å².